The van der Waals surface area contributed by atoms with Crippen LogP contribution >= 0.6 is 12.2 Å². The van der Waals surface area contributed by atoms with E-state index < -0.39 is 0 Å². The summed E-state index contributed by atoms with van der Waals surface area (Å²) < 4.78 is 5.56. The van der Waals surface area contributed by atoms with E-state index in [4.69, 9.17) is 16.6 Å². The van der Waals surface area contributed by atoms with Gasteiger partial charge in [-0.2, -0.15) is 0 Å². The number of rotatable bonds is 5. The number of hydrogen-bond acceptors (Lipinski definition) is 2. The van der Waals surface area contributed by atoms with Crippen LogP contribution in [0.1, 0.15) is 43.4 Å². The summed E-state index contributed by atoms with van der Waals surface area (Å²) in [5.74, 6) is 0.916. The Labute approximate surface area is 166 Å². The number of fused-ring (bicyclic) bond motifs is 1. The average Bonchev–Trinajstić information content (AvgIpc) is 3.17. The molecule has 1 aromatic carbocycles. The zero-order chi connectivity index (χ0) is 19.6. The standard InChI is InChI=1S/C22H29N3OS/c1-15-8-9-20-19(13-15)18(16(2)23-20)10-11-25(14-17-7-6-12-26-17)21(27)24-22(3,4)5/h6-9,12-13,23H,10-11,14H2,1-5H3,(H,24,27). The molecule has 27 heavy (non-hydrogen) atoms. The Kier molecular flexibility index (Phi) is 5.61. The topological polar surface area (TPSA) is 44.2 Å². The maximum Gasteiger partial charge on any atom is 0.169 e. The molecular formula is C22H29N3OS. The van der Waals surface area contributed by atoms with Gasteiger partial charge in [-0.1, -0.05) is 11.6 Å². The summed E-state index contributed by atoms with van der Waals surface area (Å²) in [6.45, 7) is 12.1. The highest BCUT2D eigenvalue weighted by Crippen LogP contribution is 2.24. The predicted molar refractivity (Wildman–Crippen MR) is 116 cm³/mol. The number of benzene rings is 1. The molecule has 0 aliphatic heterocycles. The maximum absolute atomic E-state index is 5.71. The van der Waals surface area contributed by atoms with Crippen molar-refractivity contribution in [2.75, 3.05) is 6.54 Å². The number of H-pyrrole nitrogens is 1. The SMILES string of the molecule is Cc1ccc2[nH]c(C)c(CCN(Cc3ccco3)C(=S)NC(C)(C)C)c2c1. The molecule has 0 amide bonds. The molecule has 3 rings (SSSR count). The zero-order valence-corrected chi connectivity index (χ0v) is 17.7. The molecule has 0 aliphatic carbocycles. The summed E-state index contributed by atoms with van der Waals surface area (Å²) in [5.41, 5.74) is 4.98. The Bertz CT molecular complexity index is 919. The molecule has 2 aromatic heterocycles. The quantitative estimate of drug-likeness (QED) is 0.602. The van der Waals surface area contributed by atoms with Crippen molar-refractivity contribution < 1.29 is 4.42 Å². The number of hydrogen-bond donors (Lipinski definition) is 2. The van der Waals surface area contributed by atoms with Gasteiger partial charge in [-0.25, -0.2) is 0 Å². The molecule has 2 N–H and O–H groups in total. The molecular weight excluding hydrogens is 354 g/mol. The highest BCUT2D eigenvalue weighted by molar-refractivity contribution is 7.80. The summed E-state index contributed by atoms with van der Waals surface area (Å²) in [6, 6.07) is 10.5. The van der Waals surface area contributed by atoms with E-state index in [0.29, 0.717) is 6.54 Å². The lowest BCUT2D eigenvalue weighted by Gasteiger charge is -2.30. The number of aromatic nitrogens is 1. The van der Waals surface area contributed by atoms with Gasteiger partial charge in [0.25, 0.3) is 0 Å². The first-order chi connectivity index (χ1) is 12.7. The summed E-state index contributed by atoms with van der Waals surface area (Å²) in [4.78, 5) is 5.69. The summed E-state index contributed by atoms with van der Waals surface area (Å²) in [5, 5.41) is 5.49. The molecule has 3 aromatic rings. The average molecular weight is 384 g/mol. The van der Waals surface area contributed by atoms with Crippen LogP contribution in [-0.2, 0) is 13.0 Å². The summed E-state index contributed by atoms with van der Waals surface area (Å²) >= 11 is 5.71. The van der Waals surface area contributed by atoms with Crippen molar-refractivity contribution >= 4 is 28.2 Å². The van der Waals surface area contributed by atoms with Gasteiger partial charge in [0.15, 0.2) is 5.11 Å². The number of nitrogens with one attached hydrogen (secondary N) is 2. The fourth-order valence-corrected chi connectivity index (χ4v) is 3.77. The van der Waals surface area contributed by atoms with Crippen molar-refractivity contribution in [1.29, 1.82) is 0 Å². The van der Waals surface area contributed by atoms with Gasteiger partial charge in [0.2, 0.25) is 0 Å². The lowest BCUT2D eigenvalue weighted by atomic mass is 10.1. The third-order valence-corrected chi connectivity index (χ3v) is 4.96. The second-order valence-corrected chi connectivity index (χ2v) is 8.60. The van der Waals surface area contributed by atoms with Gasteiger partial charge in [0.05, 0.1) is 12.8 Å². The third-order valence-electron chi connectivity index (χ3n) is 4.60. The molecule has 0 saturated heterocycles. The fraction of sp³-hybridized carbons (Fsp3) is 0.409. The molecule has 0 atom stereocenters. The Morgan fingerprint density at radius 1 is 1.22 bits per heavy atom. The van der Waals surface area contributed by atoms with E-state index in [1.165, 1.54) is 27.7 Å². The van der Waals surface area contributed by atoms with Crippen LogP contribution in [0.15, 0.2) is 41.0 Å². The predicted octanol–water partition coefficient (Wildman–Crippen LogP) is 5.10. The summed E-state index contributed by atoms with van der Waals surface area (Å²) in [7, 11) is 0. The smallest absolute Gasteiger partial charge is 0.169 e. The first-order valence-corrected chi connectivity index (χ1v) is 9.81. The van der Waals surface area contributed by atoms with Gasteiger partial charge in [0.1, 0.15) is 5.76 Å². The van der Waals surface area contributed by atoms with Crippen molar-refractivity contribution in [3.8, 4) is 0 Å². The Morgan fingerprint density at radius 2 is 2.00 bits per heavy atom. The van der Waals surface area contributed by atoms with E-state index in [2.05, 4.69) is 68.0 Å². The van der Waals surface area contributed by atoms with Gasteiger partial charge in [-0.05, 0) is 83.1 Å². The van der Waals surface area contributed by atoms with Crippen molar-refractivity contribution in [2.45, 2.75) is 53.1 Å². The van der Waals surface area contributed by atoms with Gasteiger partial charge < -0.3 is 19.6 Å². The van der Waals surface area contributed by atoms with Gasteiger partial charge >= 0.3 is 0 Å². The number of thiocarbonyl (C=S) groups is 1. The molecule has 0 saturated carbocycles. The molecule has 0 bridgehead atoms. The van der Waals surface area contributed by atoms with E-state index in [9.17, 15) is 0 Å². The first-order valence-electron chi connectivity index (χ1n) is 9.40. The van der Waals surface area contributed by atoms with E-state index >= 15 is 0 Å². The minimum Gasteiger partial charge on any atom is -0.467 e. The van der Waals surface area contributed by atoms with E-state index in [1.807, 2.05) is 12.1 Å². The van der Waals surface area contributed by atoms with Crippen LogP contribution in [0.3, 0.4) is 0 Å². The molecule has 0 unspecified atom stereocenters. The van der Waals surface area contributed by atoms with Crippen LogP contribution in [0, 0.1) is 13.8 Å². The molecule has 0 radical (unpaired) electrons. The van der Waals surface area contributed by atoms with Crippen LogP contribution in [0.2, 0.25) is 0 Å². The molecule has 0 aliphatic rings. The van der Waals surface area contributed by atoms with Crippen LogP contribution in [0.4, 0.5) is 0 Å². The monoisotopic (exact) mass is 383 g/mol. The molecule has 0 fully saturated rings. The van der Waals surface area contributed by atoms with Crippen LogP contribution < -0.4 is 5.32 Å². The van der Waals surface area contributed by atoms with E-state index in [1.54, 1.807) is 6.26 Å². The molecule has 4 nitrogen and oxygen atoms in total. The van der Waals surface area contributed by atoms with Gasteiger partial charge in [-0.15, -0.1) is 0 Å². The molecule has 144 valence electrons. The van der Waals surface area contributed by atoms with E-state index in [-0.39, 0.29) is 5.54 Å². The normalized spacial score (nSPS) is 11.7. The Morgan fingerprint density at radius 3 is 2.67 bits per heavy atom. The fourth-order valence-electron chi connectivity index (χ4n) is 3.31. The van der Waals surface area contributed by atoms with Crippen molar-refractivity contribution in [1.82, 2.24) is 15.2 Å². The first kappa shape index (κ1) is 19.5. The van der Waals surface area contributed by atoms with Crippen LogP contribution in [0.25, 0.3) is 10.9 Å². The second kappa shape index (κ2) is 7.77. The van der Waals surface area contributed by atoms with Crippen molar-refractivity contribution in [3.05, 3.63) is 59.2 Å². The van der Waals surface area contributed by atoms with Crippen LogP contribution in [-0.4, -0.2) is 27.1 Å². The van der Waals surface area contributed by atoms with Gasteiger partial charge in [-0.3, -0.25) is 0 Å². The highest BCUT2D eigenvalue weighted by atomic mass is 32.1. The van der Waals surface area contributed by atoms with Crippen molar-refractivity contribution in [3.63, 3.8) is 0 Å². The second-order valence-electron chi connectivity index (χ2n) is 8.21. The summed E-state index contributed by atoms with van der Waals surface area (Å²) in [6.07, 6.45) is 2.63. The van der Waals surface area contributed by atoms with E-state index in [0.717, 1.165) is 23.8 Å². The molecule has 2 heterocycles. The van der Waals surface area contributed by atoms with Crippen LogP contribution in [0.5, 0.6) is 0 Å². The largest absolute Gasteiger partial charge is 0.467 e. The number of aromatic amines is 1. The highest BCUT2D eigenvalue weighted by Gasteiger charge is 2.19. The molecule has 0 spiro atoms. The maximum atomic E-state index is 5.71. The minimum atomic E-state index is -0.0771. The third kappa shape index (κ3) is 4.92. The lowest BCUT2D eigenvalue weighted by molar-refractivity contribution is 0.347. The number of aryl methyl sites for hydroxylation is 2. The Balaban J connectivity index is 1.81. The minimum absolute atomic E-state index is 0.0771. The zero-order valence-electron chi connectivity index (χ0n) is 16.8. The Hall–Kier alpha value is -2.27. The molecule has 5 heteroatoms. The number of nitrogens with zero attached hydrogens (tertiary/aromatic N) is 1. The lowest BCUT2D eigenvalue weighted by Crippen LogP contribution is -2.48. The van der Waals surface area contributed by atoms with Gasteiger partial charge in [0, 0.05) is 28.7 Å². The number of furan rings is 1. The van der Waals surface area contributed by atoms with Crippen molar-refractivity contribution in [2.24, 2.45) is 0 Å².